The molecule has 3 N–H and O–H groups in total. The summed E-state index contributed by atoms with van der Waals surface area (Å²) >= 11 is 0. The molecule has 0 radical (unpaired) electrons. The predicted molar refractivity (Wildman–Crippen MR) is 75.2 cm³/mol. The Labute approximate surface area is 120 Å². The first-order valence-electron chi connectivity index (χ1n) is 7.60. The Hall–Kier alpha value is -0.330. The van der Waals surface area contributed by atoms with E-state index in [1.54, 1.807) is 0 Å². The van der Waals surface area contributed by atoms with Crippen molar-refractivity contribution in [1.82, 2.24) is 5.43 Å². The second-order valence-electron chi connectivity index (χ2n) is 5.26. The minimum atomic E-state index is -4.27. The Morgan fingerprint density at radius 1 is 1.00 bits per heavy atom. The van der Waals surface area contributed by atoms with Crippen molar-refractivity contribution in [3.05, 3.63) is 0 Å². The van der Waals surface area contributed by atoms with E-state index >= 15 is 0 Å². The highest BCUT2D eigenvalue weighted by atomic mass is 19.4. The maximum absolute atomic E-state index is 11.9. The molecular weight excluding hydrogens is 269 g/mol. The molecule has 6 heteroatoms. The normalized spacial score (nSPS) is 13.7. The summed E-state index contributed by atoms with van der Waals surface area (Å²) < 4.78 is 40.3. The van der Waals surface area contributed by atoms with E-state index in [1.165, 1.54) is 38.5 Å². The highest BCUT2D eigenvalue weighted by molar-refractivity contribution is 4.63. The van der Waals surface area contributed by atoms with Crippen molar-refractivity contribution in [2.24, 2.45) is 5.84 Å². The summed E-state index contributed by atoms with van der Waals surface area (Å²) in [7, 11) is 0. The van der Waals surface area contributed by atoms with Gasteiger partial charge in [-0.2, -0.15) is 13.2 Å². The van der Waals surface area contributed by atoms with Crippen LogP contribution < -0.4 is 11.3 Å². The van der Waals surface area contributed by atoms with E-state index in [-0.39, 0.29) is 12.6 Å². The van der Waals surface area contributed by atoms with Gasteiger partial charge in [0.15, 0.2) is 0 Å². The first-order valence-corrected chi connectivity index (χ1v) is 7.60. The lowest BCUT2D eigenvalue weighted by Crippen LogP contribution is -2.39. The van der Waals surface area contributed by atoms with Crippen molar-refractivity contribution in [2.45, 2.75) is 76.9 Å². The van der Waals surface area contributed by atoms with Crippen LogP contribution >= 0.6 is 0 Å². The molecule has 0 aromatic carbocycles. The number of unbranched alkanes of at least 4 members (excludes halogenated alkanes) is 7. The second-order valence-corrected chi connectivity index (χ2v) is 5.26. The van der Waals surface area contributed by atoms with Gasteiger partial charge in [-0.05, 0) is 6.42 Å². The Kier molecular flexibility index (Phi) is 12.2. The Bertz CT molecular complexity index is 213. The Morgan fingerprint density at radius 3 is 2.05 bits per heavy atom. The number of halogens is 3. The number of ether oxygens (including phenoxy) is 1. The molecular formula is C14H29F3N2O. The summed E-state index contributed by atoms with van der Waals surface area (Å²) in [6.45, 7) is 0.996. The van der Waals surface area contributed by atoms with Crippen molar-refractivity contribution in [3.63, 3.8) is 0 Å². The smallest absolute Gasteiger partial charge is 0.370 e. The van der Waals surface area contributed by atoms with Crippen LogP contribution in [0.4, 0.5) is 13.2 Å². The van der Waals surface area contributed by atoms with Crippen LogP contribution in [0.15, 0.2) is 0 Å². The molecule has 0 rings (SSSR count). The maximum Gasteiger partial charge on any atom is 0.411 e. The van der Waals surface area contributed by atoms with Gasteiger partial charge in [-0.3, -0.25) is 11.3 Å². The molecule has 1 atom stereocenters. The lowest BCUT2D eigenvalue weighted by atomic mass is 10.1. The molecule has 122 valence electrons. The molecule has 0 bridgehead atoms. The average Bonchev–Trinajstić information content (AvgIpc) is 2.38. The zero-order valence-electron chi connectivity index (χ0n) is 12.5. The molecule has 0 spiro atoms. The number of nitrogens with one attached hydrogen (secondary N) is 1. The van der Waals surface area contributed by atoms with Crippen LogP contribution in [0, 0.1) is 0 Å². The number of rotatable bonds is 13. The zero-order valence-corrected chi connectivity index (χ0v) is 12.5. The van der Waals surface area contributed by atoms with Crippen molar-refractivity contribution in [1.29, 1.82) is 0 Å². The van der Waals surface area contributed by atoms with Crippen molar-refractivity contribution in [2.75, 3.05) is 13.2 Å². The summed E-state index contributed by atoms with van der Waals surface area (Å²) in [5, 5.41) is 0. The van der Waals surface area contributed by atoms with Gasteiger partial charge >= 0.3 is 6.18 Å². The summed E-state index contributed by atoms with van der Waals surface area (Å²) in [6, 6.07) is -0.197. The van der Waals surface area contributed by atoms with Gasteiger partial charge in [0.25, 0.3) is 0 Å². The van der Waals surface area contributed by atoms with E-state index in [0.717, 1.165) is 19.3 Å². The number of hydrogen-bond acceptors (Lipinski definition) is 3. The SMILES string of the molecule is CCCCCCCCCCC(COCC(F)(F)F)NN. The third-order valence-corrected chi connectivity index (χ3v) is 3.23. The summed E-state index contributed by atoms with van der Waals surface area (Å²) in [4.78, 5) is 0. The van der Waals surface area contributed by atoms with Gasteiger partial charge in [0.2, 0.25) is 0 Å². The quantitative estimate of drug-likeness (QED) is 0.308. The molecule has 0 fully saturated rings. The molecule has 3 nitrogen and oxygen atoms in total. The fourth-order valence-corrected chi connectivity index (χ4v) is 2.06. The van der Waals surface area contributed by atoms with Gasteiger partial charge in [0, 0.05) is 6.04 Å². The van der Waals surface area contributed by atoms with Gasteiger partial charge < -0.3 is 4.74 Å². The largest absolute Gasteiger partial charge is 0.411 e. The van der Waals surface area contributed by atoms with E-state index in [2.05, 4.69) is 17.1 Å². The van der Waals surface area contributed by atoms with Gasteiger partial charge in [0.05, 0.1) is 6.61 Å². The fraction of sp³-hybridized carbons (Fsp3) is 1.00. The molecule has 0 aromatic heterocycles. The first-order chi connectivity index (χ1) is 9.49. The van der Waals surface area contributed by atoms with Crippen molar-refractivity contribution >= 4 is 0 Å². The Balaban J connectivity index is 3.41. The maximum atomic E-state index is 11.9. The molecule has 1 unspecified atom stereocenters. The molecule has 0 aliphatic heterocycles. The van der Waals surface area contributed by atoms with E-state index in [0.29, 0.717) is 0 Å². The van der Waals surface area contributed by atoms with Gasteiger partial charge in [0.1, 0.15) is 6.61 Å². The monoisotopic (exact) mass is 298 g/mol. The zero-order chi connectivity index (χ0) is 15.3. The Morgan fingerprint density at radius 2 is 1.55 bits per heavy atom. The topological polar surface area (TPSA) is 47.3 Å². The van der Waals surface area contributed by atoms with E-state index in [1.807, 2.05) is 0 Å². The second kappa shape index (κ2) is 12.4. The van der Waals surface area contributed by atoms with Crippen LogP contribution in [-0.2, 0) is 4.74 Å². The molecule has 20 heavy (non-hydrogen) atoms. The number of hydrazine groups is 1. The first kappa shape index (κ1) is 19.7. The minimum absolute atomic E-state index is 0.00646. The van der Waals surface area contributed by atoms with E-state index < -0.39 is 12.8 Å². The van der Waals surface area contributed by atoms with Gasteiger partial charge in [-0.25, -0.2) is 0 Å². The van der Waals surface area contributed by atoms with Crippen LogP contribution in [0.2, 0.25) is 0 Å². The standard InChI is InChI=1S/C14H29F3N2O/c1-2-3-4-5-6-7-8-9-10-13(19-18)11-20-12-14(15,16)17/h13,19H,2-12,18H2,1H3. The molecule has 0 aliphatic rings. The minimum Gasteiger partial charge on any atom is -0.370 e. The summed E-state index contributed by atoms with van der Waals surface area (Å²) in [5.74, 6) is 5.31. The average molecular weight is 298 g/mol. The van der Waals surface area contributed by atoms with Crippen molar-refractivity contribution < 1.29 is 17.9 Å². The molecule has 0 aliphatic carbocycles. The van der Waals surface area contributed by atoms with Crippen LogP contribution in [0.3, 0.4) is 0 Å². The third-order valence-electron chi connectivity index (χ3n) is 3.23. The van der Waals surface area contributed by atoms with Crippen LogP contribution in [0.1, 0.15) is 64.7 Å². The highest BCUT2D eigenvalue weighted by Gasteiger charge is 2.27. The van der Waals surface area contributed by atoms with Gasteiger partial charge in [-0.15, -0.1) is 0 Å². The van der Waals surface area contributed by atoms with E-state index in [9.17, 15) is 13.2 Å². The highest BCUT2D eigenvalue weighted by Crippen LogP contribution is 2.15. The number of nitrogens with two attached hydrogens (primary N) is 1. The lowest BCUT2D eigenvalue weighted by molar-refractivity contribution is -0.175. The number of hydrogen-bond donors (Lipinski definition) is 2. The van der Waals surface area contributed by atoms with Crippen molar-refractivity contribution in [3.8, 4) is 0 Å². The van der Waals surface area contributed by atoms with Crippen LogP contribution in [0.25, 0.3) is 0 Å². The van der Waals surface area contributed by atoms with Gasteiger partial charge in [-0.1, -0.05) is 58.3 Å². The lowest BCUT2D eigenvalue weighted by Gasteiger charge is -2.16. The van der Waals surface area contributed by atoms with Crippen LogP contribution in [-0.4, -0.2) is 25.4 Å². The molecule has 0 heterocycles. The molecule has 0 amide bonds. The van der Waals surface area contributed by atoms with Crippen LogP contribution in [0.5, 0.6) is 0 Å². The fourth-order valence-electron chi connectivity index (χ4n) is 2.06. The summed E-state index contributed by atoms with van der Waals surface area (Å²) in [5.41, 5.74) is 2.51. The molecule has 0 saturated carbocycles. The summed E-state index contributed by atoms with van der Waals surface area (Å²) in [6.07, 6.45) is 6.12. The third kappa shape index (κ3) is 14.1. The predicted octanol–water partition coefficient (Wildman–Crippen LogP) is 3.93. The molecule has 0 aromatic rings. The van der Waals surface area contributed by atoms with E-state index in [4.69, 9.17) is 5.84 Å². The number of alkyl halides is 3. The molecule has 0 saturated heterocycles.